The number of nitrogens with zero attached hydrogens (tertiary/aromatic N) is 1. The molecule has 0 bridgehead atoms. The first-order valence-electron chi connectivity index (χ1n) is 7.11. The molecule has 6 heteroatoms. The second-order valence-corrected chi connectivity index (χ2v) is 5.31. The number of carbonyl (C=O) groups excluding carboxylic acids is 1. The molecule has 1 atom stereocenters. The number of benzene rings is 1. The highest BCUT2D eigenvalue weighted by Crippen LogP contribution is 2.33. The van der Waals surface area contributed by atoms with Gasteiger partial charge in [-0.05, 0) is 37.0 Å². The van der Waals surface area contributed by atoms with Crippen LogP contribution in [0.15, 0.2) is 24.3 Å². The van der Waals surface area contributed by atoms with Crippen molar-refractivity contribution in [1.82, 2.24) is 4.90 Å². The van der Waals surface area contributed by atoms with Crippen LogP contribution in [-0.4, -0.2) is 30.2 Å². The summed E-state index contributed by atoms with van der Waals surface area (Å²) in [5, 5.41) is 2.68. The van der Waals surface area contributed by atoms with E-state index in [1.54, 1.807) is 6.07 Å². The number of urea groups is 1. The van der Waals surface area contributed by atoms with Crippen LogP contribution in [-0.2, 0) is 6.42 Å². The van der Waals surface area contributed by atoms with Crippen LogP contribution in [0.25, 0.3) is 0 Å². The van der Waals surface area contributed by atoms with E-state index >= 15 is 0 Å². The first-order valence-corrected chi connectivity index (χ1v) is 7.11. The van der Waals surface area contributed by atoms with Gasteiger partial charge in [-0.25, -0.2) is 4.79 Å². The number of nitrogens with one attached hydrogen (secondary N) is 1. The van der Waals surface area contributed by atoms with Crippen molar-refractivity contribution in [2.45, 2.75) is 32.4 Å². The minimum atomic E-state index is -4.24. The molecule has 1 saturated heterocycles. The van der Waals surface area contributed by atoms with Crippen molar-refractivity contribution in [3.8, 4) is 0 Å². The van der Waals surface area contributed by atoms with Crippen LogP contribution < -0.4 is 5.32 Å². The predicted octanol–water partition coefficient (Wildman–Crippen LogP) is 4.06. The van der Waals surface area contributed by atoms with E-state index in [2.05, 4.69) is 5.32 Å². The van der Waals surface area contributed by atoms with E-state index in [1.807, 2.05) is 25.1 Å². The molecule has 1 aromatic carbocycles. The Bertz CT molecular complexity index is 502. The Morgan fingerprint density at radius 1 is 1.43 bits per heavy atom. The summed E-state index contributed by atoms with van der Waals surface area (Å²) in [6.45, 7) is 2.11. The molecule has 0 unspecified atom stereocenters. The normalized spacial score (nSPS) is 19.4. The van der Waals surface area contributed by atoms with Crippen LogP contribution in [0, 0.1) is 5.92 Å². The summed E-state index contributed by atoms with van der Waals surface area (Å²) in [4.78, 5) is 13.3. The van der Waals surface area contributed by atoms with Crippen LogP contribution in [0.2, 0.25) is 0 Å². The number of amides is 2. The molecule has 1 fully saturated rings. The Labute approximate surface area is 122 Å². The number of aryl methyl sites for hydroxylation is 1. The molecule has 0 radical (unpaired) electrons. The highest BCUT2D eigenvalue weighted by atomic mass is 19.4. The Kier molecular flexibility index (Phi) is 4.75. The molecule has 1 aliphatic heterocycles. The number of likely N-dealkylation sites (tertiary alicyclic amines) is 1. The zero-order valence-electron chi connectivity index (χ0n) is 11.9. The molecule has 2 rings (SSSR count). The second-order valence-electron chi connectivity index (χ2n) is 5.31. The van der Waals surface area contributed by atoms with E-state index in [4.69, 9.17) is 0 Å². The zero-order chi connectivity index (χ0) is 15.5. The molecule has 0 spiro atoms. The minimum Gasteiger partial charge on any atom is -0.324 e. The van der Waals surface area contributed by atoms with Gasteiger partial charge in [-0.1, -0.05) is 19.1 Å². The number of alkyl halides is 3. The van der Waals surface area contributed by atoms with Crippen molar-refractivity contribution in [1.29, 1.82) is 0 Å². The fraction of sp³-hybridized carbons (Fsp3) is 0.533. The average Bonchev–Trinajstić information content (AvgIpc) is 2.46. The van der Waals surface area contributed by atoms with E-state index in [0.717, 1.165) is 12.0 Å². The third-order valence-corrected chi connectivity index (χ3v) is 3.76. The van der Waals surface area contributed by atoms with Gasteiger partial charge < -0.3 is 10.2 Å². The van der Waals surface area contributed by atoms with E-state index in [0.29, 0.717) is 18.7 Å². The lowest BCUT2D eigenvalue weighted by atomic mass is 9.98. The van der Waals surface area contributed by atoms with Gasteiger partial charge in [0.2, 0.25) is 0 Å². The molecule has 1 aliphatic rings. The number of hydrogen-bond donors (Lipinski definition) is 1. The number of rotatable bonds is 2. The SMILES string of the molecule is CCc1cccc(NC(=O)N2CCC[C@@H](C(F)(F)F)C2)c1. The lowest BCUT2D eigenvalue weighted by Crippen LogP contribution is -2.46. The summed E-state index contributed by atoms with van der Waals surface area (Å²) in [6, 6.07) is 6.88. The monoisotopic (exact) mass is 300 g/mol. The summed E-state index contributed by atoms with van der Waals surface area (Å²) >= 11 is 0. The molecule has 1 aromatic rings. The molecule has 21 heavy (non-hydrogen) atoms. The quantitative estimate of drug-likeness (QED) is 0.878. The van der Waals surface area contributed by atoms with Crippen LogP contribution in [0.3, 0.4) is 0 Å². The summed E-state index contributed by atoms with van der Waals surface area (Å²) in [6.07, 6.45) is -2.92. The fourth-order valence-corrected chi connectivity index (χ4v) is 2.50. The van der Waals surface area contributed by atoms with Gasteiger partial charge in [-0.15, -0.1) is 0 Å². The summed E-state index contributed by atoms with van der Waals surface area (Å²) < 4.78 is 38.2. The van der Waals surface area contributed by atoms with Crippen LogP contribution in [0.4, 0.5) is 23.7 Å². The van der Waals surface area contributed by atoms with E-state index < -0.39 is 18.1 Å². The van der Waals surface area contributed by atoms with Gasteiger partial charge in [-0.3, -0.25) is 0 Å². The Morgan fingerprint density at radius 3 is 2.86 bits per heavy atom. The van der Waals surface area contributed by atoms with Gasteiger partial charge in [0.25, 0.3) is 0 Å². The van der Waals surface area contributed by atoms with Gasteiger partial charge in [0.05, 0.1) is 5.92 Å². The molecule has 0 aromatic heterocycles. The lowest BCUT2D eigenvalue weighted by Gasteiger charge is -2.33. The number of anilines is 1. The highest BCUT2D eigenvalue weighted by molar-refractivity contribution is 5.89. The average molecular weight is 300 g/mol. The largest absolute Gasteiger partial charge is 0.393 e. The first kappa shape index (κ1) is 15.7. The predicted molar refractivity (Wildman–Crippen MR) is 75.2 cm³/mol. The standard InChI is InChI=1S/C15H19F3N2O/c1-2-11-5-3-7-13(9-11)19-14(21)20-8-4-6-12(10-20)15(16,17)18/h3,5,7,9,12H,2,4,6,8,10H2,1H3,(H,19,21)/t12-/m1/s1. The molecule has 0 saturated carbocycles. The van der Waals surface area contributed by atoms with Crippen molar-refractivity contribution in [3.05, 3.63) is 29.8 Å². The smallest absolute Gasteiger partial charge is 0.324 e. The maximum Gasteiger partial charge on any atom is 0.393 e. The van der Waals surface area contributed by atoms with Crippen molar-refractivity contribution in [2.24, 2.45) is 5.92 Å². The topological polar surface area (TPSA) is 32.3 Å². The number of hydrogen-bond acceptors (Lipinski definition) is 1. The molecule has 1 heterocycles. The second kappa shape index (κ2) is 6.37. The van der Waals surface area contributed by atoms with Gasteiger partial charge in [-0.2, -0.15) is 13.2 Å². The van der Waals surface area contributed by atoms with Gasteiger partial charge in [0.1, 0.15) is 0 Å². The lowest BCUT2D eigenvalue weighted by molar-refractivity contribution is -0.183. The molecular formula is C15H19F3N2O. The summed E-state index contributed by atoms with van der Waals surface area (Å²) in [5.74, 6) is -1.42. The van der Waals surface area contributed by atoms with Crippen molar-refractivity contribution in [2.75, 3.05) is 18.4 Å². The van der Waals surface area contributed by atoms with Crippen molar-refractivity contribution < 1.29 is 18.0 Å². The number of piperidine rings is 1. The number of halogens is 3. The van der Waals surface area contributed by atoms with Crippen LogP contribution in [0.5, 0.6) is 0 Å². The maximum absolute atomic E-state index is 12.7. The zero-order valence-corrected chi connectivity index (χ0v) is 11.9. The number of carbonyl (C=O) groups is 1. The third kappa shape index (κ3) is 4.12. The molecule has 0 aliphatic carbocycles. The van der Waals surface area contributed by atoms with E-state index in [-0.39, 0.29) is 13.0 Å². The van der Waals surface area contributed by atoms with E-state index in [1.165, 1.54) is 4.90 Å². The van der Waals surface area contributed by atoms with E-state index in [9.17, 15) is 18.0 Å². The Morgan fingerprint density at radius 2 is 2.19 bits per heavy atom. The van der Waals surface area contributed by atoms with Crippen molar-refractivity contribution in [3.63, 3.8) is 0 Å². The third-order valence-electron chi connectivity index (χ3n) is 3.76. The van der Waals surface area contributed by atoms with Crippen LogP contribution >= 0.6 is 0 Å². The molecule has 2 amide bonds. The fourth-order valence-electron chi connectivity index (χ4n) is 2.50. The highest BCUT2D eigenvalue weighted by Gasteiger charge is 2.42. The van der Waals surface area contributed by atoms with Gasteiger partial charge >= 0.3 is 12.2 Å². The molecular weight excluding hydrogens is 281 g/mol. The molecule has 116 valence electrons. The molecule has 1 N–H and O–H groups in total. The van der Waals surface area contributed by atoms with Crippen molar-refractivity contribution >= 4 is 11.7 Å². The van der Waals surface area contributed by atoms with Crippen LogP contribution in [0.1, 0.15) is 25.3 Å². The van der Waals surface area contributed by atoms with Gasteiger partial charge in [0, 0.05) is 18.8 Å². The first-order chi connectivity index (χ1) is 9.90. The Hall–Kier alpha value is -1.72. The van der Waals surface area contributed by atoms with Gasteiger partial charge in [0.15, 0.2) is 0 Å². The summed E-state index contributed by atoms with van der Waals surface area (Å²) in [5.41, 5.74) is 1.69. The maximum atomic E-state index is 12.7. The molecule has 3 nitrogen and oxygen atoms in total. The minimum absolute atomic E-state index is 0.0958. The Balaban J connectivity index is 1.99. The summed E-state index contributed by atoms with van der Waals surface area (Å²) in [7, 11) is 0.